The number of rotatable bonds is 5. The Balaban J connectivity index is 1.35. The average molecular weight is 372 g/mol. The van der Waals surface area contributed by atoms with Crippen molar-refractivity contribution in [1.82, 2.24) is 24.1 Å². The van der Waals surface area contributed by atoms with E-state index in [9.17, 15) is 4.79 Å². The highest BCUT2D eigenvalue weighted by molar-refractivity contribution is 6.30. The molecule has 0 N–H and O–H groups in total. The van der Waals surface area contributed by atoms with Gasteiger partial charge >= 0.3 is 0 Å². The van der Waals surface area contributed by atoms with Crippen LogP contribution in [0.4, 0.5) is 0 Å². The van der Waals surface area contributed by atoms with Crippen LogP contribution in [0.1, 0.15) is 25.0 Å². The summed E-state index contributed by atoms with van der Waals surface area (Å²) in [5.74, 6) is 0.743. The Morgan fingerprint density at radius 2 is 2.08 bits per heavy atom. The SMILES string of the molecule is O=c1cc(CN2CCC(CCn3cccn3)CC2)nc2ccc(Cl)cn12. The summed E-state index contributed by atoms with van der Waals surface area (Å²) in [5.41, 5.74) is 1.39. The normalized spacial score (nSPS) is 16.3. The molecule has 3 aromatic heterocycles. The second-order valence-electron chi connectivity index (χ2n) is 6.94. The number of piperidine rings is 1. The zero-order valence-corrected chi connectivity index (χ0v) is 15.3. The first kappa shape index (κ1) is 17.2. The lowest BCUT2D eigenvalue weighted by molar-refractivity contribution is 0.167. The standard InChI is InChI=1S/C19H22ClN5O/c20-16-2-3-18-22-17(12-19(26)25(18)13-16)14-23-9-4-15(5-10-23)6-11-24-8-1-7-21-24/h1-3,7-8,12-13,15H,4-6,9-11,14H2. The fraction of sp³-hybridized carbons (Fsp3) is 0.421. The van der Waals surface area contributed by atoms with E-state index in [0.29, 0.717) is 10.7 Å². The summed E-state index contributed by atoms with van der Waals surface area (Å²) in [4.78, 5) is 19.3. The highest BCUT2D eigenvalue weighted by atomic mass is 35.5. The van der Waals surface area contributed by atoms with Crippen LogP contribution >= 0.6 is 11.6 Å². The number of pyridine rings is 1. The lowest BCUT2D eigenvalue weighted by Crippen LogP contribution is -2.34. The van der Waals surface area contributed by atoms with Crippen molar-refractivity contribution in [2.45, 2.75) is 32.4 Å². The minimum Gasteiger partial charge on any atom is -0.297 e. The van der Waals surface area contributed by atoms with Crippen molar-refractivity contribution < 1.29 is 0 Å². The Labute approximate surface area is 157 Å². The minimum absolute atomic E-state index is 0.0818. The number of halogens is 1. The van der Waals surface area contributed by atoms with E-state index >= 15 is 0 Å². The summed E-state index contributed by atoms with van der Waals surface area (Å²) in [6.07, 6.45) is 9.00. The Kier molecular flexibility index (Phi) is 5.04. The van der Waals surface area contributed by atoms with Gasteiger partial charge in [-0.05, 0) is 56.5 Å². The molecule has 1 saturated heterocycles. The molecule has 1 aliphatic heterocycles. The molecule has 7 heteroatoms. The van der Waals surface area contributed by atoms with Crippen molar-refractivity contribution in [2.24, 2.45) is 5.92 Å². The molecule has 0 aliphatic carbocycles. The van der Waals surface area contributed by atoms with Crippen LogP contribution in [0.15, 0.2) is 47.7 Å². The second-order valence-corrected chi connectivity index (χ2v) is 7.38. The van der Waals surface area contributed by atoms with E-state index in [4.69, 9.17) is 11.6 Å². The van der Waals surface area contributed by atoms with Gasteiger partial charge in [-0.15, -0.1) is 0 Å². The van der Waals surface area contributed by atoms with E-state index < -0.39 is 0 Å². The Hall–Kier alpha value is -2.18. The number of nitrogens with zero attached hydrogens (tertiary/aromatic N) is 5. The molecule has 0 aromatic carbocycles. The van der Waals surface area contributed by atoms with Gasteiger partial charge in [-0.25, -0.2) is 4.98 Å². The molecule has 1 fully saturated rings. The molecule has 0 spiro atoms. The van der Waals surface area contributed by atoms with Gasteiger partial charge in [-0.3, -0.25) is 18.8 Å². The zero-order chi connectivity index (χ0) is 17.9. The largest absolute Gasteiger partial charge is 0.297 e. The third-order valence-corrected chi connectivity index (χ3v) is 5.32. The summed E-state index contributed by atoms with van der Waals surface area (Å²) in [6, 6.07) is 7.13. The highest BCUT2D eigenvalue weighted by Gasteiger charge is 2.20. The molecular weight excluding hydrogens is 350 g/mol. The first-order chi connectivity index (χ1) is 12.7. The topological polar surface area (TPSA) is 55.4 Å². The maximum Gasteiger partial charge on any atom is 0.258 e. The van der Waals surface area contributed by atoms with Gasteiger partial charge in [0, 0.05) is 37.7 Å². The number of fused-ring (bicyclic) bond motifs is 1. The fourth-order valence-electron chi connectivity index (χ4n) is 3.62. The predicted molar refractivity (Wildman–Crippen MR) is 101 cm³/mol. The molecule has 1 aliphatic rings. The van der Waals surface area contributed by atoms with Crippen LogP contribution < -0.4 is 5.56 Å². The quantitative estimate of drug-likeness (QED) is 0.692. The van der Waals surface area contributed by atoms with Gasteiger partial charge in [0.1, 0.15) is 5.65 Å². The number of hydrogen-bond donors (Lipinski definition) is 0. The van der Waals surface area contributed by atoms with Crippen molar-refractivity contribution in [3.8, 4) is 0 Å². The molecule has 3 aromatic rings. The molecule has 6 nitrogen and oxygen atoms in total. The summed E-state index contributed by atoms with van der Waals surface area (Å²) in [5, 5.41) is 4.80. The smallest absolute Gasteiger partial charge is 0.258 e. The van der Waals surface area contributed by atoms with Gasteiger partial charge in [0.25, 0.3) is 5.56 Å². The van der Waals surface area contributed by atoms with Crippen molar-refractivity contribution >= 4 is 17.2 Å². The van der Waals surface area contributed by atoms with E-state index in [1.807, 2.05) is 23.1 Å². The molecule has 0 amide bonds. The van der Waals surface area contributed by atoms with E-state index in [1.54, 1.807) is 24.4 Å². The van der Waals surface area contributed by atoms with Crippen molar-refractivity contribution in [1.29, 1.82) is 0 Å². The third kappa shape index (κ3) is 3.97. The van der Waals surface area contributed by atoms with E-state index in [0.717, 1.165) is 37.8 Å². The highest BCUT2D eigenvalue weighted by Crippen LogP contribution is 2.22. The second kappa shape index (κ2) is 7.60. The molecular formula is C19H22ClN5O. The lowest BCUT2D eigenvalue weighted by atomic mass is 9.93. The number of hydrogen-bond acceptors (Lipinski definition) is 4. The Morgan fingerprint density at radius 3 is 2.85 bits per heavy atom. The molecule has 136 valence electrons. The van der Waals surface area contributed by atoms with Crippen LogP contribution in [0, 0.1) is 5.92 Å². The first-order valence-electron chi connectivity index (χ1n) is 9.05. The summed E-state index contributed by atoms with van der Waals surface area (Å²) in [6.45, 7) is 3.81. The van der Waals surface area contributed by atoms with Crippen LogP contribution in [0.3, 0.4) is 0 Å². The van der Waals surface area contributed by atoms with E-state index in [1.165, 1.54) is 23.7 Å². The lowest BCUT2D eigenvalue weighted by Gasteiger charge is -2.31. The third-order valence-electron chi connectivity index (χ3n) is 5.09. The summed E-state index contributed by atoms with van der Waals surface area (Å²) >= 11 is 5.96. The molecule has 26 heavy (non-hydrogen) atoms. The molecule has 4 rings (SSSR count). The van der Waals surface area contributed by atoms with Gasteiger partial charge in [0.2, 0.25) is 0 Å². The van der Waals surface area contributed by atoms with Crippen LogP contribution in [0.2, 0.25) is 5.02 Å². The Morgan fingerprint density at radius 1 is 1.23 bits per heavy atom. The van der Waals surface area contributed by atoms with Crippen LogP contribution in [-0.4, -0.2) is 37.2 Å². The molecule has 0 bridgehead atoms. The predicted octanol–water partition coefficient (Wildman–Crippen LogP) is 2.85. The maximum atomic E-state index is 12.3. The zero-order valence-electron chi connectivity index (χ0n) is 14.6. The monoisotopic (exact) mass is 371 g/mol. The van der Waals surface area contributed by atoms with Crippen LogP contribution in [0.5, 0.6) is 0 Å². The minimum atomic E-state index is -0.0818. The van der Waals surface area contributed by atoms with Crippen molar-refractivity contribution in [2.75, 3.05) is 13.1 Å². The van der Waals surface area contributed by atoms with Gasteiger partial charge in [0.05, 0.1) is 10.7 Å². The molecule has 0 saturated carbocycles. The van der Waals surface area contributed by atoms with Crippen molar-refractivity contribution in [3.63, 3.8) is 0 Å². The van der Waals surface area contributed by atoms with Crippen LogP contribution in [0.25, 0.3) is 5.65 Å². The van der Waals surface area contributed by atoms with E-state index in [-0.39, 0.29) is 5.56 Å². The summed E-state index contributed by atoms with van der Waals surface area (Å²) < 4.78 is 3.50. The number of aromatic nitrogens is 4. The molecule has 0 atom stereocenters. The van der Waals surface area contributed by atoms with Crippen molar-refractivity contribution in [3.05, 3.63) is 63.9 Å². The summed E-state index contributed by atoms with van der Waals surface area (Å²) in [7, 11) is 0. The first-order valence-corrected chi connectivity index (χ1v) is 9.43. The van der Waals surface area contributed by atoms with E-state index in [2.05, 4.69) is 15.0 Å². The van der Waals surface area contributed by atoms with Gasteiger partial charge in [-0.2, -0.15) is 5.10 Å². The van der Waals surface area contributed by atoms with Crippen LogP contribution in [-0.2, 0) is 13.1 Å². The molecule has 4 heterocycles. The Bertz CT molecular complexity index is 929. The number of likely N-dealkylation sites (tertiary alicyclic amines) is 1. The maximum absolute atomic E-state index is 12.3. The fourth-order valence-corrected chi connectivity index (χ4v) is 3.78. The number of aryl methyl sites for hydroxylation is 1. The van der Waals surface area contributed by atoms with Gasteiger partial charge in [0.15, 0.2) is 0 Å². The average Bonchev–Trinajstić information content (AvgIpc) is 3.15. The van der Waals surface area contributed by atoms with Gasteiger partial charge < -0.3 is 0 Å². The van der Waals surface area contributed by atoms with Gasteiger partial charge in [-0.1, -0.05) is 11.6 Å². The molecule has 0 radical (unpaired) electrons. The molecule has 0 unspecified atom stereocenters.